The second-order valence-electron chi connectivity index (χ2n) is 24.2. The Balaban J connectivity index is 3.36. The summed E-state index contributed by atoms with van der Waals surface area (Å²) in [6.45, 7) is 4.97. The predicted molar refractivity (Wildman–Crippen MR) is 338 cm³/mol. The Morgan fingerprint density at radius 3 is 1.00 bits per heavy atom. The first-order chi connectivity index (χ1) is 38.0. The fourth-order valence-electron chi connectivity index (χ4n) is 11.1. The molecule has 0 bridgehead atoms. The van der Waals surface area contributed by atoms with Crippen molar-refractivity contribution in [2.24, 2.45) is 0 Å². The first-order valence-electron chi connectivity index (χ1n) is 35.1. The zero-order chi connectivity index (χ0) is 55.7. The van der Waals surface area contributed by atoms with Gasteiger partial charge in [-0.1, -0.05) is 346 Å². The normalized spacial score (nSPS) is 12.6. The third kappa shape index (κ3) is 63.4. The molecule has 2 atom stereocenters. The van der Waals surface area contributed by atoms with Crippen LogP contribution in [0.15, 0.2) is 24.3 Å². The molecule has 6 heteroatoms. The summed E-state index contributed by atoms with van der Waals surface area (Å²) in [5.74, 6) is -0.0211. The molecule has 0 saturated carbocycles. The van der Waals surface area contributed by atoms with Crippen molar-refractivity contribution in [2.45, 2.75) is 405 Å². The monoisotopic (exact) mass is 1080 g/mol. The summed E-state index contributed by atoms with van der Waals surface area (Å²) in [7, 11) is 0. The van der Waals surface area contributed by atoms with Crippen molar-refractivity contribution < 1.29 is 24.5 Å². The molecule has 0 fully saturated rings. The van der Waals surface area contributed by atoms with Crippen molar-refractivity contribution in [3.8, 4) is 0 Å². The zero-order valence-electron chi connectivity index (χ0n) is 52.2. The van der Waals surface area contributed by atoms with Crippen LogP contribution in [0.1, 0.15) is 393 Å². The zero-order valence-corrected chi connectivity index (χ0v) is 52.2. The number of unbranched alkanes of at least 4 members (excludes halogenated alkanes) is 51. The maximum Gasteiger partial charge on any atom is 0.305 e. The van der Waals surface area contributed by atoms with Gasteiger partial charge in [0.25, 0.3) is 0 Å². The fourth-order valence-corrected chi connectivity index (χ4v) is 11.1. The lowest BCUT2D eigenvalue weighted by molar-refractivity contribution is -0.143. The summed E-state index contributed by atoms with van der Waals surface area (Å²) in [4.78, 5) is 24.6. The quantitative estimate of drug-likeness (QED) is 0.0320. The molecule has 0 heterocycles. The van der Waals surface area contributed by atoms with Crippen LogP contribution in [0.3, 0.4) is 0 Å². The highest BCUT2D eigenvalue weighted by Gasteiger charge is 2.20. The Hall–Kier alpha value is -1.66. The Morgan fingerprint density at radius 1 is 0.364 bits per heavy atom. The fraction of sp³-hybridized carbons (Fsp3) is 0.915. The summed E-state index contributed by atoms with van der Waals surface area (Å²) >= 11 is 0. The van der Waals surface area contributed by atoms with Crippen LogP contribution >= 0.6 is 0 Å². The Morgan fingerprint density at radius 2 is 0.649 bits per heavy atom. The van der Waals surface area contributed by atoms with Crippen LogP contribution in [0.5, 0.6) is 0 Å². The highest BCUT2D eigenvalue weighted by atomic mass is 16.5. The second kappa shape index (κ2) is 66.8. The molecule has 0 aliphatic heterocycles. The molecule has 0 aromatic heterocycles. The number of hydrogen-bond donors (Lipinski definition) is 3. The molecule has 0 aliphatic carbocycles. The minimum absolute atomic E-state index is 0.00900. The lowest BCUT2D eigenvalue weighted by Crippen LogP contribution is -2.45. The third-order valence-electron chi connectivity index (χ3n) is 16.5. The molecule has 0 aromatic carbocycles. The van der Waals surface area contributed by atoms with E-state index in [4.69, 9.17) is 4.74 Å². The van der Waals surface area contributed by atoms with Crippen LogP contribution in [0.4, 0.5) is 0 Å². The van der Waals surface area contributed by atoms with Gasteiger partial charge in [0.2, 0.25) is 5.91 Å². The van der Waals surface area contributed by atoms with Crippen LogP contribution < -0.4 is 5.32 Å². The maximum atomic E-state index is 12.5. The molecule has 1 amide bonds. The van der Waals surface area contributed by atoms with E-state index in [1.54, 1.807) is 0 Å². The number of carbonyl (C=O) groups is 2. The van der Waals surface area contributed by atoms with Crippen LogP contribution in [0.2, 0.25) is 0 Å². The number of nitrogens with one attached hydrogen (secondary N) is 1. The minimum Gasteiger partial charge on any atom is -0.466 e. The summed E-state index contributed by atoms with van der Waals surface area (Å²) in [6, 6.07) is -0.541. The van der Waals surface area contributed by atoms with Crippen LogP contribution in [0, 0.1) is 0 Å². The summed E-state index contributed by atoms with van der Waals surface area (Å²) in [6.07, 6.45) is 83.6. The van der Waals surface area contributed by atoms with E-state index in [0.717, 1.165) is 51.4 Å². The number of rotatable bonds is 66. The topological polar surface area (TPSA) is 95.9 Å². The Kier molecular flexibility index (Phi) is 65.4. The van der Waals surface area contributed by atoms with Gasteiger partial charge >= 0.3 is 5.97 Å². The van der Waals surface area contributed by atoms with Crippen molar-refractivity contribution in [1.29, 1.82) is 0 Å². The van der Waals surface area contributed by atoms with Gasteiger partial charge in [0.05, 0.1) is 25.4 Å². The molecule has 0 spiro atoms. The van der Waals surface area contributed by atoms with Gasteiger partial charge in [-0.25, -0.2) is 0 Å². The summed E-state index contributed by atoms with van der Waals surface area (Å²) in [5, 5.41) is 23.4. The molecule has 2 unspecified atom stereocenters. The van der Waals surface area contributed by atoms with Gasteiger partial charge in [-0.3, -0.25) is 9.59 Å². The van der Waals surface area contributed by atoms with Crippen LogP contribution in [0.25, 0.3) is 0 Å². The number of ether oxygens (including phenoxy) is 1. The van der Waals surface area contributed by atoms with Gasteiger partial charge in [-0.15, -0.1) is 0 Å². The van der Waals surface area contributed by atoms with Crippen molar-refractivity contribution >= 4 is 11.9 Å². The van der Waals surface area contributed by atoms with Gasteiger partial charge in [0.15, 0.2) is 0 Å². The second-order valence-corrected chi connectivity index (χ2v) is 24.2. The molecule has 0 radical (unpaired) electrons. The number of aliphatic hydroxyl groups is 2. The standard InChI is InChI=1S/C71H137NO5/c1-3-5-7-9-11-13-15-17-19-21-31-35-39-43-47-51-55-59-63-69(74)68(67-73)72-70(75)64-60-56-52-48-44-40-36-32-29-27-25-23-24-26-28-30-34-38-42-46-50-54-58-62-66-77-71(76)65-61-57-53-49-45-41-37-33-22-20-18-16-14-12-10-8-6-4-2/h14,16,20,22,68-69,73-74H,3-13,15,17-19,21,23-67H2,1-2H3,(H,72,75)/b16-14-,22-20-. The van der Waals surface area contributed by atoms with E-state index < -0.39 is 12.1 Å². The number of hydrogen-bond acceptors (Lipinski definition) is 5. The van der Waals surface area contributed by atoms with E-state index in [9.17, 15) is 19.8 Å². The molecule has 77 heavy (non-hydrogen) atoms. The molecule has 0 saturated heterocycles. The summed E-state index contributed by atoms with van der Waals surface area (Å²) < 4.78 is 5.50. The van der Waals surface area contributed by atoms with Crippen molar-refractivity contribution in [3.05, 3.63) is 24.3 Å². The lowest BCUT2D eigenvalue weighted by atomic mass is 10.0. The number of carbonyl (C=O) groups excluding carboxylic acids is 2. The molecule has 0 aliphatic rings. The number of esters is 1. The van der Waals surface area contributed by atoms with E-state index in [-0.39, 0.29) is 18.5 Å². The first-order valence-corrected chi connectivity index (χ1v) is 35.1. The van der Waals surface area contributed by atoms with Crippen molar-refractivity contribution in [2.75, 3.05) is 13.2 Å². The highest BCUT2D eigenvalue weighted by Crippen LogP contribution is 2.19. The lowest BCUT2D eigenvalue weighted by Gasteiger charge is -2.22. The number of amides is 1. The molecule has 0 rings (SSSR count). The first kappa shape index (κ1) is 75.3. The number of aliphatic hydroxyl groups excluding tert-OH is 2. The van der Waals surface area contributed by atoms with E-state index in [2.05, 4.69) is 43.5 Å². The Bertz CT molecular complexity index is 1200. The smallest absolute Gasteiger partial charge is 0.305 e. The molecular weight excluding hydrogens is 947 g/mol. The maximum absolute atomic E-state index is 12.5. The average Bonchev–Trinajstić information content (AvgIpc) is 3.43. The summed E-state index contributed by atoms with van der Waals surface area (Å²) in [5.41, 5.74) is 0. The Labute approximate surface area is 481 Å². The van der Waals surface area contributed by atoms with Gasteiger partial charge in [0, 0.05) is 12.8 Å². The molecule has 3 N–H and O–H groups in total. The predicted octanol–water partition coefficient (Wildman–Crippen LogP) is 22.5. The van der Waals surface area contributed by atoms with Gasteiger partial charge < -0.3 is 20.3 Å². The van der Waals surface area contributed by atoms with Crippen LogP contribution in [-0.4, -0.2) is 47.4 Å². The van der Waals surface area contributed by atoms with Crippen molar-refractivity contribution in [3.63, 3.8) is 0 Å². The molecule has 456 valence electrons. The SMILES string of the molecule is CCCCCC/C=C\C/C=C\CCCCCCCCCC(=O)OCCCCCCCCCCCCCCCCCCCCCCCCCCC(=O)NC(CO)C(O)CCCCCCCCCCCCCCCCCCCC. The van der Waals surface area contributed by atoms with Gasteiger partial charge in [0.1, 0.15) is 0 Å². The average molecular weight is 1080 g/mol. The van der Waals surface area contributed by atoms with E-state index in [1.165, 1.54) is 308 Å². The van der Waals surface area contributed by atoms with Gasteiger partial charge in [-0.05, 0) is 57.8 Å². The molecule has 6 nitrogen and oxygen atoms in total. The number of allylic oxidation sites excluding steroid dienone is 4. The molecule has 0 aromatic rings. The largest absolute Gasteiger partial charge is 0.466 e. The third-order valence-corrected chi connectivity index (χ3v) is 16.5. The van der Waals surface area contributed by atoms with Crippen LogP contribution in [-0.2, 0) is 14.3 Å². The van der Waals surface area contributed by atoms with E-state index >= 15 is 0 Å². The molecular formula is C71H137NO5. The van der Waals surface area contributed by atoms with E-state index in [0.29, 0.717) is 25.9 Å². The highest BCUT2D eigenvalue weighted by molar-refractivity contribution is 5.76. The minimum atomic E-state index is -0.664. The van der Waals surface area contributed by atoms with E-state index in [1.807, 2.05) is 0 Å². The van der Waals surface area contributed by atoms with Gasteiger partial charge in [-0.2, -0.15) is 0 Å². The van der Waals surface area contributed by atoms with Crippen molar-refractivity contribution in [1.82, 2.24) is 5.32 Å².